The van der Waals surface area contributed by atoms with Crippen molar-refractivity contribution in [2.24, 2.45) is 5.92 Å². The average molecular weight is 209 g/mol. The molecule has 0 spiro atoms. The Morgan fingerprint density at radius 2 is 2.27 bits per heavy atom. The van der Waals surface area contributed by atoms with Crippen molar-refractivity contribution in [3.8, 4) is 0 Å². The lowest BCUT2D eigenvalue weighted by atomic mass is 10.00. The molecule has 0 aromatic carbocycles. The summed E-state index contributed by atoms with van der Waals surface area (Å²) in [7, 11) is 0. The molecule has 1 saturated heterocycles. The van der Waals surface area contributed by atoms with Crippen LogP contribution in [0.15, 0.2) is 22.8 Å². The normalized spacial score (nSPS) is 20.3. The number of furan rings is 1. The lowest BCUT2D eigenvalue weighted by Crippen LogP contribution is -2.29. The predicted octanol–water partition coefficient (Wildman–Crippen LogP) is 2.36. The molecule has 3 nitrogen and oxygen atoms in total. The largest absolute Gasteiger partial charge is 0.468 e. The molecule has 2 rings (SSSR count). The van der Waals surface area contributed by atoms with Crippen molar-refractivity contribution in [2.45, 2.75) is 25.8 Å². The molecule has 1 aromatic heterocycles. The summed E-state index contributed by atoms with van der Waals surface area (Å²) in [5.41, 5.74) is 0. The number of rotatable bonds is 4. The summed E-state index contributed by atoms with van der Waals surface area (Å²) in [6.45, 7) is 5.03. The highest BCUT2D eigenvalue weighted by molar-refractivity contribution is 5.02. The van der Waals surface area contributed by atoms with Gasteiger partial charge in [0.15, 0.2) is 0 Å². The van der Waals surface area contributed by atoms with E-state index in [1.807, 2.05) is 12.1 Å². The van der Waals surface area contributed by atoms with E-state index in [0.29, 0.717) is 6.04 Å². The van der Waals surface area contributed by atoms with E-state index in [9.17, 15) is 0 Å². The van der Waals surface area contributed by atoms with Crippen LogP contribution >= 0.6 is 0 Å². The molecule has 0 bridgehead atoms. The van der Waals surface area contributed by atoms with Crippen LogP contribution in [0, 0.1) is 5.92 Å². The Hall–Kier alpha value is -0.800. The molecule has 0 radical (unpaired) electrons. The first-order valence-corrected chi connectivity index (χ1v) is 5.71. The first kappa shape index (κ1) is 10.7. The van der Waals surface area contributed by atoms with E-state index in [1.165, 1.54) is 12.8 Å². The fourth-order valence-electron chi connectivity index (χ4n) is 1.93. The average Bonchev–Trinajstić information content (AvgIpc) is 2.81. The Kier molecular flexibility index (Phi) is 3.80. The molecule has 1 fully saturated rings. The van der Waals surface area contributed by atoms with E-state index < -0.39 is 0 Å². The molecule has 0 aliphatic carbocycles. The molecule has 0 amide bonds. The zero-order valence-electron chi connectivity index (χ0n) is 9.24. The smallest absolute Gasteiger partial charge is 0.120 e. The van der Waals surface area contributed by atoms with Gasteiger partial charge in [0.25, 0.3) is 0 Å². The van der Waals surface area contributed by atoms with Crippen molar-refractivity contribution in [1.82, 2.24) is 5.32 Å². The van der Waals surface area contributed by atoms with E-state index in [1.54, 1.807) is 6.26 Å². The first-order valence-electron chi connectivity index (χ1n) is 5.71. The van der Waals surface area contributed by atoms with Crippen molar-refractivity contribution in [3.05, 3.63) is 24.2 Å². The van der Waals surface area contributed by atoms with Gasteiger partial charge >= 0.3 is 0 Å². The molecular formula is C12H19NO2. The van der Waals surface area contributed by atoms with Gasteiger partial charge in [-0.3, -0.25) is 0 Å². The molecule has 3 heteroatoms. The topological polar surface area (TPSA) is 34.4 Å². The standard InChI is InChI=1S/C12H19NO2/c1-10(12-3-2-6-15-12)13-9-11-4-7-14-8-5-11/h2-3,6,10-11,13H,4-5,7-9H2,1H3/t10-/m0/s1. The maximum absolute atomic E-state index is 5.35. The second-order valence-electron chi connectivity index (χ2n) is 4.20. The molecular weight excluding hydrogens is 190 g/mol. The molecule has 1 N–H and O–H groups in total. The fraction of sp³-hybridized carbons (Fsp3) is 0.667. The fourth-order valence-corrected chi connectivity index (χ4v) is 1.93. The van der Waals surface area contributed by atoms with Crippen molar-refractivity contribution in [3.63, 3.8) is 0 Å². The highest BCUT2D eigenvalue weighted by atomic mass is 16.5. The van der Waals surface area contributed by atoms with Crippen LogP contribution < -0.4 is 5.32 Å². The van der Waals surface area contributed by atoms with Gasteiger partial charge < -0.3 is 14.5 Å². The Balaban J connectivity index is 1.73. The highest BCUT2D eigenvalue weighted by Gasteiger charge is 2.15. The van der Waals surface area contributed by atoms with Gasteiger partial charge in [0, 0.05) is 13.2 Å². The maximum atomic E-state index is 5.35. The van der Waals surface area contributed by atoms with Gasteiger partial charge in [-0.1, -0.05) is 0 Å². The summed E-state index contributed by atoms with van der Waals surface area (Å²) < 4.78 is 10.7. The van der Waals surface area contributed by atoms with Gasteiger partial charge in [0.1, 0.15) is 5.76 Å². The molecule has 1 atom stereocenters. The Bertz CT molecular complexity index is 265. The number of hydrogen-bond donors (Lipinski definition) is 1. The summed E-state index contributed by atoms with van der Waals surface area (Å²) in [6, 6.07) is 4.26. The molecule has 2 heterocycles. The van der Waals surface area contributed by atoms with Crippen molar-refractivity contribution >= 4 is 0 Å². The number of nitrogens with one attached hydrogen (secondary N) is 1. The van der Waals surface area contributed by atoms with Gasteiger partial charge in [-0.25, -0.2) is 0 Å². The van der Waals surface area contributed by atoms with Crippen LogP contribution in [0.5, 0.6) is 0 Å². The first-order chi connectivity index (χ1) is 7.36. The van der Waals surface area contributed by atoms with E-state index in [-0.39, 0.29) is 0 Å². The second kappa shape index (κ2) is 5.33. The van der Waals surface area contributed by atoms with Crippen LogP contribution in [0.3, 0.4) is 0 Å². The third kappa shape index (κ3) is 3.08. The summed E-state index contributed by atoms with van der Waals surface area (Å²) in [5, 5.41) is 3.51. The van der Waals surface area contributed by atoms with E-state index >= 15 is 0 Å². The van der Waals surface area contributed by atoms with Crippen LogP contribution in [0.25, 0.3) is 0 Å². The Morgan fingerprint density at radius 1 is 1.47 bits per heavy atom. The lowest BCUT2D eigenvalue weighted by molar-refractivity contribution is 0.0654. The minimum absolute atomic E-state index is 0.308. The van der Waals surface area contributed by atoms with Crippen molar-refractivity contribution < 1.29 is 9.15 Å². The minimum Gasteiger partial charge on any atom is -0.468 e. The minimum atomic E-state index is 0.308. The van der Waals surface area contributed by atoms with Crippen LogP contribution in [-0.4, -0.2) is 19.8 Å². The van der Waals surface area contributed by atoms with Gasteiger partial charge in [0.05, 0.1) is 12.3 Å². The predicted molar refractivity (Wildman–Crippen MR) is 58.7 cm³/mol. The monoisotopic (exact) mass is 209 g/mol. The highest BCUT2D eigenvalue weighted by Crippen LogP contribution is 2.16. The summed E-state index contributed by atoms with van der Waals surface area (Å²) in [4.78, 5) is 0. The number of ether oxygens (including phenoxy) is 1. The third-order valence-electron chi connectivity index (χ3n) is 3.02. The second-order valence-corrected chi connectivity index (χ2v) is 4.20. The van der Waals surface area contributed by atoms with Crippen LogP contribution in [0.1, 0.15) is 31.6 Å². The van der Waals surface area contributed by atoms with Gasteiger partial charge in [-0.2, -0.15) is 0 Å². The molecule has 1 aliphatic rings. The van der Waals surface area contributed by atoms with Crippen molar-refractivity contribution in [1.29, 1.82) is 0 Å². The van der Waals surface area contributed by atoms with Gasteiger partial charge in [0.2, 0.25) is 0 Å². The zero-order valence-corrected chi connectivity index (χ0v) is 9.24. The van der Waals surface area contributed by atoms with Crippen molar-refractivity contribution in [2.75, 3.05) is 19.8 Å². The maximum Gasteiger partial charge on any atom is 0.120 e. The molecule has 84 valence electrons. The molecule has 0 unspecified atom stereocenters. The Labute approximate surface area is 90.8 Å². The molecule has 15 heavy (non-hydrogen) atoms. The third-order valence-corrected chi connectivity index (χ3v) is 3.02. The summed E-state index contributed by atoms with van der Waals surface area (Å²) in [6.07, 6.45) is 4.08. The van der Waals surface area contributed by atoms with Gasteiger partial charge in [-0.05, 0) is 44.4 Å². The number of hydrogen-bond acceptors (Lipinski definition) is 3. The zero-order chi connectivity index (χ0) is 10.5. The molecule has 1 aliphatic heterocycles. The van der Waals surface area contributed by atoms with Crippen LogP contribution in [0.4, 0.5) is 0 Å². The lowest BCUT2D eigenvalue weighted by Gasteiger charge is -2.23. The van der Waals surface area contributed by atoms with E-state index in [2.05, 4.69) is 12.2 Å². The quantitative estimate of drug-likeness (QED) is 0.826. The molecule has 1 aromatic rings. The van der Waals surface area contributed by atoms with Crippen LogP contribution in [-0.2, 0) is 4.74 Å². The van der Waals surface area contributed by atoms with Crippen LogP contribution in [0.2, 0.25) is 0 Å². The Morgan fingerprint density at radius 3 is 2.93 bits per heavy atom. The summed E-state index contributed by atoms with van der Waals surface area (Å²) in [5.74, 6) is 1.78. The summed E-state index contributed by atoms with van der Waals surface area (Å²) >= 11 is 0. The van der Waals surface area contributed by atoms with E-state index in [4.69, 9.17) is 9.15 Å². The molecule has 0 saturated carbocycles. The SMILES string of the molecule is C[C@H](NCC1CCOCC1)c1ccco1. The van der Waals surface area contributed by atoms with Gasteiger partial charge in [-0.15, -0.1) is 0 Å². The van der Waals surface area contributed by atoms with E-state index in [0.717, 1.165) is 31.4 Å².